The number of nitrogens with zero attached hydrogens (tertiary/aromatic N) is 7. The molecule has 1 N–H and O–H groups in total. The van der Waals surface area contributed by atoms with Gasteiger partial charge in [-0.05, 0) is 6.92 Å². The van der Waals surface area contributed by atoms with Gasteiger partial charge >= 0.3 is 0 Å². The zero-order valence-electron chi connectivity index (χ0n) is 15.6. The second-order valence-corrected chi connectivity index (χ2v) is 6.59. The van der Waals surface area contributed by atoms with E-state index < -0.39 is 17.7 Å². The Morgan fingerprint density at radius 2 is 1.96 bits per heavy atom. The third-order valence-corrected chi connectivity index (χ3v) is 4.37. The Morgan fingerprint density at radius 1 is 1.14 bits per heavy atom. The SMILES string of the molecule is CC(Nc1nc(Cc2cn(C)cn2)c2cnn(C)c2n1)c1ncc(F)cc1F. The molecule has 1 atom stereocenters. The summed E-state index contributed by atoms with van der Waals surface area (Å²) in [7, 11) is 3.68. The first kappa shape index (κ1) is 18.0. The highest BCUT2D eigenvalue weighted by Crippen LogP contribution is 2.23. The summed E-state index contributed by atoms with van der Waals surface area (Å²) >= 11 is 0. The van der Waals surface area contributed by atoms with Gasteiger partial charge in [0.05, 0.1) is 47.2 Å². The minimum absolute atomic E-state index is 0.0846. The Balaban J connectivity index is 1.69. The number of halogens is 2. The molecule has 0 aromatic carbocycles. The van der Waals surface area contributed by atoms with Crippen molar-refractivity contribution in [2.45, 2.75) is 19.4 Å². The first-order valence-corrected chi connectivity index (χ1v) is 8.63. The second kappa shape index (κ2) is 6.95. The van der Waals surface area contributed by atoms with Gasteiger partial charge in [-0.1, -0.05) is 0 Å². The molecule has 4 aromatic rings. The van der Waals surface area contributed by atoms with Gasteiger partial charge in [-0.25, -0.2) is 18.7 Å². The van der Waals surface area contributed by atoms with Crippen molar-refractivity contribution < 1.29 is 8.78 Å². The molecule has 0 saturated heterocycles. The summed E-state index contributed by atoms with van der Waals surface area (Å²) in [5.74, 6) is -1.14. The summed E-state index contributed by atoms with van der Waals surface area (Å²) < 4.78 is 30.7. The molecule has 8 nitrogen and oxygen atoms in total. The predicted octanol–water partition coefficient (Wildman–Crippen LogP) is 2.53. The lowest BCUT2D eigenvalue weighted by Crippen LogP contribution is -2.14. The van der Waals surface area contributed by atoms with E-state index in [2.05, 4.69) is 30.4 Å². The molecule has 4 rings (SSSR count). The molecule has 4 aromatic heterocycles. The summed E-state index contributed by atoms with van der Waals surface area (Å²) in [6.45, 7) is 1.71. The molecular formula is C18H18F2N8. The summed E-state index contributed by atoms with van der Waals surface area (Å²) in [4.78, 5) is 17.2. The lowest BCUT2D eigenvalue weighted by Gasteiger charge is -2.15. The predicted molar refractivity (Wildman–Crippen MR) is 98.5 cm³/mol. The highest BCUT2D eigenvalue weighted by Gasteiger charge is 2.18. The van der Waals surface area contributed by atoms with Crippen molar-refractivity contribution in [1.82, 2.24) is 34.3 Å². The molecule has 0 radical (unpaired) electrons. The number of aromatic nitrogens is 7. The van der Waals surface area contributed by atoms with E-state index in [0.717, 1.165) is 29.0 Å². The van der Waals surface area contributed by atoms with Crippen LogP contribution in [0.1, 0.15) is 30.0 Å². The molecule has 1 unspecified atom stereocenters. The van der Waals surface area contributed by atoms with Crippen LogP contribution >= 0.6 is 0 Å². The summed E-state index contributed by atoms with van der Waals surface area (Å²) in [6.07, 6.45) is 6.83. The van der Waals surface area contributed by atoms with Crippen molar-refractivity contribution in [3.8, 4) is 0 Å². The zero-order chi connectivity index (χ0) is 19.8. The molecule has 0 aliphatic rings. The third kappa shape index (κ3) is 3.40. The van der Waals surface area contributed by atoms with Crippen LogP contribution < -0.4 is 5.32 Å². The number of pyridine rings is 1. The molecule has 0 fully saturated rings. The van der Waals surface area contributed by atoms with Gasteiger partial charge < -0.3 is 9.88 Å². The van der Waals surface area contributed by atoms with Crippen molar-refractivity contribution in [2.24, 2.45) is 14.1 Å². The zero-order valence-corrected chi connectivity index (χ0v) is 15.6. The minimum atomic E-state index is -0.727. The number of imidazole rings is 1. The van der Waals surface area contributed by atoms with E-state index in [0.29, 0.717) is 18.0 Å². The van der Waals surface area contributed by atoms with E-state index in [4.69, 9.17) is 0 Å². The molecule has 4 heterocycles. The van der Waals surface area contributed by atoms with Crippen molar-refractivity contribution in [2.75, 3.05) is 5.32 Å². The van der Waals surface area contributed by atoms with E-state index in [1.807, 2.05) is 17.8 Å². The number of rotatable bonds is 5. The third-order valence-electron chi connectivity index (χ3n) is 4.37. The maximum atomic E-state index is 14.0. The number of fused-ring (bicyclic) bond motifs is 1. The lowest BCUT2D eigenvalue weighted by atomic mass is 10.2. The monoisotopic (exact) mass is 384 g/mol. The molecule has 0 saturated carbocycles. The van der Waals surface area contributed by atoms with Gasteiger partial charge in [-0.3, -0.25) is 9.67 Å². The van der Waals surface area contributed by atoms with Crippen LogP contribution in [0.15, 0.2) is 31.0 Å². The Hall–Kier alpha value is -3.43. The molecule has 10 heteroatoms. The summed E-state index contributed by atoms with van der Waals surface area (Å²) in [5, 5.41) is 8.11. The van der Waals surface area contributed by atoms with Gasteiger partial charge in [-0.2, -0.15) is 10.1 Å². The van der Waals surface area contributed by atoms with Crippen LogP contribution in [-0.4, -0.2) is 34.3 Å². The molecule has 0 aliphatic heterocycles. The Kier molecular flexibility index (Phi) is 4.46. The summed E-state index contributed by atoms with van der Waals surface area (Å²) in [6, 6.07) is 0.243. The van der Waals surface area contributed by atoms with Crippen LogP contribution in [0.25, 0.3) is 11.0 Å². The standard InChI is InChI=1S/C18H18F2N8/c1-10(16-14(20)4-11(19)6-21-16)24-18-25-15(5-12-8-27(2)9-22-12)13-7-23-28(3)17(13)26-18/h4,6-10H,5H2,1-3H3,(H,24,25,26). The molecule has 144 valence electrons. The highest BCUT2D eigenvalue weighted by molar-refractivity contribution is 5.78. The minimum Gasteiger partial charge on any atom is -0.346 e. The molecule has 0 aliphatic carbocycles. The van der Waals surface area contributed by atoms with E-state index in [-0.39, 0.29) is 5.69 Å². The first-order chi connectivity index (χ1) is 13.4. The fourth-order valence-electron chi connectivity index (χ4n) is 3.02. The Bertz CT molecular complexity index is 1150. The second-order valence-electron chi connectivity index (χ2n) is 6.59. The van der Waals surface area contributed by atoms with E-state index in [1.165, 1.54) is 0 Å². The maximum Gasteiger partial charge on any atom is 0.225 e. The number of anilines is 1. The van der Waals surface area contributed by atoms with Crippen molar-refractivity contribution >= 4 is 17.0 Å². The van der Waals surface area contributed by atoms with Crippen LogP contribution in [0.2, 0.25) is 0 Å². The van der Waals surface area contributed by atoms with E-state index in [9.17, 15) is 8.78 Å². The average molecular weight is 384 g/mol. The molecule has 28 heavy (non-hydrogen) atoms. The summed E-state index contributed by atoms with van der Waals surface area (Å²) in [5.41, 5.74) is 2.33. The van der Waals surface area contributed by atoms with Crippen molar-refractivity contribution in [3.05, 3.63) is 59.7 Å². The fourth-order valence-corrected chi connectivity index (χ4v) is 3.02. The first-order valence-electron chi connectivity index (χ1n) is 8.63. The molecule has 0 amide bonds. The Labute approximate surface area is 159 Å². The normalized spacial score (nSPS) is 12.5. The van der Waals surface area contributed by atoms with Gasteiger partial charge in [-0.15, -0.1) is 0 Å². The largest absolute Gasteiger partial charge is 0.346 e. The average Bonchev–Trinajstić information content (AvgIpc) is 3.21. The fraction of sp³-hybridized carbons (Fsp3) is 0.278. The van der Waals surface area contributed by atoms with Crippen LogP contribution in [0.4, 0.5) is 14.7 Å². The van der Waals surface area contributed by atoms with E-state index in [1.54, 1.807) is 31.2 Å². The number of hydrogen-bond acceptors (Lipinski definition) is 6. The number of hydrogen-bond donors (Lipinski definition) is 1. The van der Waals surface area contributed by atoms with E-state index >= 15 is 0 Å². The van der Waals surface area contributed by atoms with Gasteiger partial charge in [0.2, 0.25) is 5.95 Å². The molecular weight excluding hydrogens is 366 g/mol. The number of nitrogens with one attached hydrogen (secondary N) is 1. The smallest absolute Gasteiger partial charge is 0.225 e. The van der Waals surface area contributed by atoms with Crippen LogP contribution in [0.5, 0.6) is 0 Å². The topological polar surface area (TPSA) is 86.3 Å². The van der Waals surface area contributed by atoms with Gasteiger partial charge in [0.25, 0.3) is 0 Å². The molecule has 0 spiro atoms. The van der Waals surface area contributed by atoms with Crippen molar-refractivity contribution in [3.63, 3.8) is 0 Å². The maximum absolute atomic E-state index is 14.0. The van der Waals surface area contributed by atoms with Crippen molar-refractivity contribution in [1.29, 1.82) is 0 Å². The quantitative estimate of drug-likeness (QED) is 0.569. The van der Waals surface area contributed by atoms with Crippen LogP contribution in [0.3, 0.4) is 0 Å². The molecule has 0 bridgehead atoms. The van der Waals surface area contributed by atoms with Gasteiger partial charge in [0, 0.05) is 32.8 Å². The van der Waals surface area contributed by atoms with Gasteiger partial charge in [0.15, 0.2) is 5.65 Å². The highest BCUT2D eigenvalue weighted by atomic mass is 19.1. The Morgan fingerprint density at radius 3 is 2.68 bits per heavy atom. The lowest BCUT2D eigenvalue weighted by molar-refractivity contribution is 0.549. The number of aryl methyl sites for hydroxylation is 2. The van der Waals surface area contributed by atoms with Crippen LogP contribution in [-0.2, 0) is 20.5 Å². The van der Waals surface area contributed by atoms with Gasteiger partial charge in [0.1, 0.15) is 11.6 Å². The van der Waals surface area contributed by atoms with Crippen LogP contribution in [0, 0.1) is 11.6 Å².